The van der Waals surface area contributed by atoms with E-state index in [0.29, 0.717) is 0 Å². The summed E-state index contributed by atoms with van der Waals surface area (Å²) in [4.78, 5) is 12.7. The molecular formula is C17H34IN5OS. The van der Waals surface area contributed by atoms with Crippen molar-refractivity contribution >= 4 is 41.3 Å². The summed E-state index contributed by atoms with van der Waals surface area (Å²) in [6.45, 7) is 9.56. The van der Waals surface area contributed by atoms with Crippen LogP contribution in [-0.4, -0.2) is 69.3 Å². The average Bonchev–Trinajstić information content (AvgIpc) is 3.03. The second-order valence-electron chi connectivity index (χ2n) is 5.66. The van der Waals surface area contributed by atoms with Crippen LogP contribution in [0.4, 0.5) is 0 Å². The van der Waals surface area contributed by atoms with E-state index in [9.17, 15) is 0 Å². The Morgan fingerprint density at radius 2 is 2.12 bits per heavy atom. The normalized spacial score (nSPS) is 11.5. The van der Waals surface area contributed by atoms with Gasteiger partial charge in [0.1, 0.15) is 0 Å². The molecule has 0 aromatic carbocycles. The second kappa shape index (κ2) is 15.8. The van der Waals surface area contributed by atoms with E-state index in [0.717, 1.165) is 64.6 Å². The first-order valence-corrected chi connectivity index (χ1v) is 9.64. The first-order valence-electron chi connectivity index (χ1n) is 8.82. The van der Waals surface area contributed by atoms with E-state index in [1.165, 1.54) is 9.88 Å². The zero-order valence-corrected chi connectivity index (χ0v) is 19.2. The van der Waals surface area contributed by atoms with Crippen LogP contribution < -0.4 is 10.6 Å². The fourth-order valence-electron chi connectivity index (χ4n) is 2.18. The van der Waals surface area contributed by atoms with Gasteiger partial charge in [-0.1, -0.05) is 6.92 Å². The van der Waals surface area contributed by atoms with Gasteiger partial charge in [-0.3, -0.25) is 4.99 Å². The molecule has 0 atom stereocenters. The molecule has 146 valence electrons. The molecule has 1 aromatic heterocycles. The summed E-state index contributed by atoms with van der Waals surface area (Å²) in [5, 5.41) is 7.87. The second-order valence-corrected chi connectivity index (χ2v) is 6.86. The molecule has 0 fully saturated rings. The van der Waals surface area contributed by atoms with Crippen molar-refractivity contribution in [2.75, 3.05) is 53.5 Å². The number of thiazole rings is 1. The summed E-state index contributed by atoms with van der Waals surface area (Å²) in [7, 11) is 3.87. The first kappa shape index (κ1) is 24.6. The van der Waals surface area contributed by atoms with Crippen molar-refractivity contribution in [1.29, 1.82) is 0 Å². The molecule has 8 heteroatoms. The predicted octanol–water partition coefficient (Wildman–Crippen LogP) is 2.39. The summed E-state index contributed by atoms with van der Waals surface area (Å²) in [6.07, 6.45) is 5.04. The molecule has 0 aliphatic heterocycles. The number of methoxy groups -OCH3 is 1. The number of nitrogens with zero attached hydrogens (tertiary/aromatic N) is 3. The van der Waals surface area contributed by atoms with Gasteiger partial charge in [0.25, 0.3) is 0 Å². The maximum Gasteiger partial charge on any atom is 0.191 e. The zero-order valence-electron chi connectivity index (χ0n) is 16.0. The third kappa shape index (κ3) is 11.7. The Morgan fingerprint density at radius 3 is 2.76 bits per heavy atom. The average molecular weight is 483 g/mol. The summed E-state index contributed by atoms with van der Waals surface area (Å²) in [5.41, 5.74) is 0. The molecule has 0 bridgehead atoms. The summed E-state index contributed by atoms with van der Waals surface area (Å²) in [5.74, 6) is 0.884. The minimum absolute atomic E-state index is 0. The van der Waals surface area contributed by atoms with Crippen LogP contribution in [0.25, 0.3) is 0 Å². The van der Waals surface area contributed by atoms with E-state index >= 15 is 0 Å². The van der Waals surface area contributed by atoms with Gasteiger partial charge in [-0.2, -0.15) is 0 Å². The van der Waals surface area contributed by atoms with Crippen molar-refractivity contribution in [2.45, 2.75) is 33.1 Å². The van der Waals surface area contributed by atoms with Crippen molar-refractivity contribution in [2.24, 2.45) is 4.99 Å². The van der Waals surface area contributed by atoms with Crippen molar-refractivity contribution in [1.82, 2.24) is 20.5 Å². The largest absolute Gasteiger partial charge is 0.385 e. The lowest BCUT2D eigenvalue weighted by atomic mass is 10.4. The van der Waals surface area contributed by atoms with Crippen LogP contribution in [-0.2, 0) is 17.6 Å². The van der Waals surface area contributed by atoms with Crippen LogP contribution in [0.1, 0.15) is 30.2 Å². The molecule has 0 saturated heterocycles. The van der Waals surface area contributed by atoms with E-state index in [1.807, 2.05) is 6.20 Å². The topological polar surface area (TPSA) is 61.8 Å². The molecule has 1 heterocycles. The molecule has 25 heavy (non-hydrogen) atoms. The summed E-state index contributed by atoms with van der Waals surface area (Å²) < 4.78 is 5.08. The molecule has 2 N–H and O–H groups in total. The number of nitrogens with one attached hydrogen (secondary N) is 2. The van der Waals surface area contributed by atoms with Gasteiger partial charge in [-0.25, -0.2) is 4.98 Å². The summed E-state index contributed by atoms with van der Waals surface area (Å²) in [6, 6.07) is 0. The molecule has 0 radical (unpaired) electrons. The van der Waals surface area contributed by atoms with Gasteiger partial charge in [-0.15, -0.1) is 35.3 Å². The third-order valence-electron chi connectivity index (χ3n) is 3.57. The summed E-state index contributed by atoms with van der Waals surface area (Å²) >= 11 is 1.80. The fourth-order valence-corrected chi connectivity index (χ4v) is 3.04. The van der Waals surface area contributed by atoms with Crippen LogP contribution in [0.3, 0.4) is 0 Å². The predicted molar refractivity (Wildman–Crippen MR) is 119 cm³/mol. The highest BCUT2D eigenvalue weighted by molar-refractivity contribution is 14.0. The number of rotatable bonds is 12. The number of hydrogen-bond acceptors (Lipinski definition) is 5. The number of likely N-dealkylation sites (N-methyl/N-ethyl adjacent to an activating group) is 1. The molecule has 1 aromatic rings. The van der Waals surface area contributed by atoms with Crippen LogP contribution in [0, 0.1) is 0 Å². The van der Waals surface area contributed by atoms with Crippen molar-refractivity contribution in [3.63, 3.8) is 0 Å². The standard InChI is InChI=1S/C17H33N5OS.HI/c1-5-15-14-21-16(24-15)8-9-19-17(18-6-2)20-10-12-22(3)11-7-13-23-4;/h14H,5-13H2,1-4H3,(H2,18,19,20);1H. The molecule has 1 rings (SSSR count). The molecule has 6 nitrogen and oxygen atoms in total. The lowest BCUT2D eigenvalue weighted by Gasteiger charge is -2.16. The van der Waals surface area contributed by atoms with E-state index in [1.54, 1.807) is 18.4 Å². The zero-order chi connectivity index (χ0) is 17.6. The van der Waals surface area contributed by atoms with Gasteiger partial charge in [0.05, 0.1) is 11.6 Å². The van der Waals surface area contributed by atoms with Crippen LogP contribution in [0.2, 0.25) is 0 Å². The lowest BCUT2D eigenvalue weighted by molar-refractivity contribution is 0.180. The van der Waals surface area contributed by atoms with Crippen molar-refractivity contribution in [3.8, 4) is 0 Å². The minimum atomic E-state index is 0. The lowest BCUT2D eigenvalue weighted by Crippen LogP contribution is -2.39. The third-order valence-corrected chi connectivity index (χ3v) is 4.77. The van der Waals surface area contributed by atoms with Crippen molar-refractivity contribution < 1.29 is 4.74 Å². The molecule has 0 unspecified atom stereocenters. The molecular weight excluding hydrogens is 449 g/mol. The fraction of sp³-hybridized carbons (Fsp3) is 0.765. The van der Waals surface area contributed by atoms with Gasteiger partial charge in [0.15, 0.2) is 5.96 Å². The van der Waals surface area contributed by atoms with Crippen LogP contribution in [0.15, 0.2) is 11.2 Å². The van der Waals surface area contributed by atoms with E-state index in [-0.39, 0.29) is 24.0 Å². The number of aromatic nitrogens is 1. The van der Waals surface area contributed by atoms with Gasteiger partial charge in [-0.05, 0) is 26.8 Å². The Hall–Kier alpha value is -0.450. The molecule has 0 aliphatic carbocycles. The molecule has 0 spiro atoms. The number of guanidine groups is 1. The highest BCUT2D eigenvalue weighted by atomic mass is 127. The maximum absolute atomic E-state index is 5.08. The molecule has 0 aliphatic rings. The minimum Gasteiger partial charge on any atom is -0.385 e. The Morgan fingerprint density at radius 1 is 1.32 bits per heavy atom. The van der Waals surface area contributed by atoms with Gasteiger partial charge in [0.2, 0.25) is 0 Å². The van der Waals surface area contributed by atoms with Gasteiger partial charge < -0.3 is 20.3 Å². The monoisotopic (exact) mass is 483 g/mol. The molecule has 0 amide bonds. The number of aliphatic imine (C=N–C) groups is 1. The number of ether oxygens (including phenoxy) is 1. The molecule has 0 saturated carbocycles. The maximum atomic E-state index is 5.08. The quantitative estimate of drug-likeness (QED) is 0.207. The highest BCUT2D eigenvalue weighted by Gasteiger charge is 2.02. The van der Waals surface area contributed by atoms with Crippen LogP contribution in [0.5, 0.6) is 0 Å². The van der Waals surface area contributed by atoms with Crippen LogP contribution >= 0.6 is 35.3 Å². The smallest absolute Gasteiger partial charge is 0.191 e. The number of hydrogen-bond donors (Lipinski definition) is 2. The van der Waals surface area contributed by atoms with Gasteiger partial charge >= 0.3 is 0 Å². The Kier molecular flexibility index (Phi) is 15.5. The van der Waals surface area contributed by atoms with Gasteiger partial charge in [0, 0.05) is 57.4 Å². The first-order chi connectivity index (χ1) is 11.7. The van der Waals surface area contributed by atoms with E-state index < -0.39 is 0 Å². The Labute approximate surface area is 173 Å². The Balaban J connectivity index is 0.00000576. The van der Waals surface area contributed by atoms with Crippen molar-refractivity contribution in [3.05, 3.63) is 16.1 Å². The highest BCUT2D eigenvalue weighted by Crippen LogP contribution is 2.13. The SMILES string of the molecule is CCNC(=NCCN(C)CCCOC)NCCc1ncc(CC)s1.I. The Bertz CT molecular complexity index is 470. The van der Waals surface area contributed by atoms with E-state index in [4.69, 9.17) is 4.74 Å². The number of aryl methyl sites for hydroxylation is 1. The van der Waals surface area contributed by atoms with E-state index in [2.05, 4.69) is 46.4 Å². The number of halogens is 1.